The van der Waals surface area contributed by atoms with Crippen LogP contribution in [0.5, 0.6) is 0 Å². The lowest BCUT2D eigenvalue weighted by atomic mass is 10.0. The lowest BCUT2D eigenvalue weighted by molar-refractivity contribution is -0.141. The number of benzene rings is 1. The minimum atomic E-state index is -1.05. The fourth-order valence-corrected chi connectivity index (χ4v) is 2.34. The summed E-state index contributed by atoms with van der Waals surface area (Å²) >= 11 is 0. The van der Waals surface area contributed by atoms with Crippen LogP contribution in [0.3, 0.4) is 0 Å². The van der Waals surface area contributed by atoms with Crippen molar-refractivity contribution in [2.75, 3.05) is 0 Å². The molecule has 2 rings (SSSR count). The second-order valence-corrected chi connectivity index (χ2v) is 5.08. The molecule has 1 heterocycles. The second kappa shape index (κ2) is 7.32. The number of unbranched alkanes of at least 4 members (excludes halogenated alkanes) is 1. The number of hydrogen-bond donors (Lipinski definition) is 3. The molecule has 0 saturated carbocycles. The molecule has 22 heavy (non-hydrogen) atoms. The lowest BCUT2D eigenvalue weighted by Crippen LogP contribution is -2.42. The topological polar surface area (TPSA) is 82.2 Å². The van der Waals surface area contributed by atoms with Crippen molar-refractivity contribution in [1.29, 1.82) is 0 Å². The molecule has 0 bridgehead atoms. The van der Waals surface area contributed by atoms with E-state index in [2.05, 4.69) is 16.2 Å². The summed E-state index contributed by atoms with van der Waals surface area (Å²) in [5.41, 5.74) is 1.81. The molecule has 0 aliphatic rings. The van der Waals surface area contributed by atoms with Crippen molar-refractivity contribution >= 4 is 22.8 Å². The first-order valence-corrected chi connectivity index (χ1v) is 7.12. The molecular formula is C17H18N2O3. The van der Waals surface area contributed by atoms with Crippen LogP contribution in [0.2, 0.25) is 0 Å². The van der Waals surface area contributed by atoms with E-state index in [9.17, 15) is 14.7 Å². The Morgan fingerprint density at radius 2 is 2.14 bits per heavy atom. The van der Waals surface area contributed by atoms with Crippen molar-refractivity contribution < 1.29 is 14.7 Å². The van der Waals surface area contributed by atoms with E-state index < -0.39 is 12.0 Å². The molecule has 0 aliphatic carbocycles. The van der Waals surface area contributed by atoms with Crippen LogP contribution < -0.4 is 5.32 Å². The van der Waals surface area contributed by atoms with Crippen LogP contribution in [0.1, 0.15) is 24.8 Å². The maximum Gasteiger partial charge on any atom is 0.326 e. The van der Waals surface area contributed by atoms with Gasteiger partial charge in [-0.1, -0.05) is 18.2 Å². The molecule has 0 saturated heterocycles. The van der Waals surface area contributed by atoms with Crippen molar-refractivity contribution in [2.24, 2.45) is 0 Å². The van der Waals surface area contributed by atoms with Gasteiger partial charge in [0.1, 0.15) is 6.04 Å². The van der Waals surface area contributed by atoms with Gasteiger partial charge in [0.2, 0.25) is 5.91 Å². The van der Waals surface area contributed by atoms with E-state index in [1.807, 2.05) is 24.3 Å². The molecule has 114 valence electrons. The average molecular weight is 298 g/mol. The number of para-hydroxylation sites is 1. The number of aromatic nitrogens is 1. The van der Waals surface area contributed by atoms with Gasteiger partial charge in [-0.3, -0.25) is 4.79 Å². The lowest BCUT2D eigenvalue weighted by Gasteiger charge is -2.14. The van der Waals surface area contributed by atoms with Gasteiger partial charge in [-0.15, -0.1) is 12.3 Å². The second-order valence-electron chi connectivity index (χ2n) is 5.08. The van der Waals surface area contributed by atoms with Crippen LogP contribution in [0.25, 0.3) is 10.9 Å². The number of carbonyl (C=O) groups is 2. The number of nitrogens with one attached hydrogen (secondary N) is 2. The number of hydrogen-bond acceptors (Lipinski definition) is 2. The molecule has 3 N–H and O–H groups in total. The summed E-state index contributed by atoms with van der Waals surface area (Å²) in [7, 11) is 0. The molecule has 1 aromatic carbocycles. The third-order valence-electron chi connectivity index (χ3n) is 3.46. The minimum Gasteiger partial charge on any atom is -0.480 e. The van der Waals surface area contributed by atoms with Crippen molar-refractivity contribution in [3.05, 3.63) is 36.0 Å². The highest BCUT2D eigenvalue weighted by molar-refractivity contribution is 5.86. The first-order valence-electron chi connectivity index (χ1n) is 7.12. The average Bonchev–Trinajstić information content (AvgIpc) is 2.90. The number of fused-ring (bicyclic) bond motifs is 1. The molecule has 5 nitrogen and oxygen atoms in total. The fourth-order valence-electron chi connectivity index (χ4n) is 2.34. The van der Waals surface area contributed by atoms with E-state index in [0.717, 1.165) is 16.5 Å². The molecule has 0 unspecified atom stereocenters. The maximum absolute atomic E-state index is 11.8. The zero-order valence-electron chi connectivity index (χ0n) is 12.1. The van der Waals surface area contributed by atoms with Crippen molar-refractivity contribution in [3.63, 3.8) is 0 Å². The molecule has 2 aromatic rings. The monoisotopic (exact) mass is 298 g/mol. The smallest absolute Gasteiger partial charge is 0.326 e. The first kappa shape index (κ1) is 15.6. The van der Waals surface area contributed by atoms with Crippen molar-refractivity contribution in [2.45, 2.75) is 31.7 Å². The number of carboxylic acids is 1. The summed E-state index contributed by atoms with van der Waals surface area (Å²) in [5.74, 6) is 1.12. The quantitative estimate of drug-likeness (QED) is 0.540. The highest BCUT2D eigenvalue weighted by Gasteiger charge is 2.21. The Labute approximate surface area is 128 Å². The number of carbonyl (C=O) groups excluding carboxylic acids is 1. The number of aromatic amines is 1. The molecule has 1 atom stereocenters. The Morgan fingerprint density at radius 3 is 2.86 bits per heavy atom. The number of terminal acetylenes is 1. The number of H-pyrrole nitrogens is 1. The number of carboxylic acid groups (broad SMARTS) is 1. The molecule has 0 fully saturated rings. The number of aliphatic carboxylic acids is 1. The predicted octanol–water partition coefficient (Wildman–Crippen LogP) is 2.08. The summed E-state index contributed by atoms with van der Waals surface area (Å²) in [6, 6.07) is 6.71. The molecule has 1 aromatic heterocycles. The Morgan fingerprint density at radius 1 is 1.36 bits per heavy atom. The zero-order valence-corrected chi connectivity index (χ0v) is 12.1. The Balaban J connectivity index is 2.04. The zero-order chi connectivity index (χ0) is 15.9. The molecular weight excluding hydrogens is 280 g/mol. The summed E-state index contributed by atoms with van der Waals surface area (Å²) < 4.78 is 0. The number of rotatable bonds is 7. The van der Waals surface area contributed by atoms with E-state index >= 15 is 0 Å². The summed E-state index contributed by atoms with van der Waals surface area (Å²) in [5, 5.41) is 12.8. The SMILES string of the molecule is C#CCCCC(=O)N[C@@H](Cc1c[nH]c2ccccc12)C(=O)O. The van der Waals surface area contributed by atoms with Gasteiger partial charge in [-0.25, -0.2) is 4.79 Å². The third kappa shape index (κ3) is 3.89. The Bertz CT molecular complexity index is 712. The third-order valence-corrected chi connectivity index (χ3v) is 3.46. The van der Waals surface area contributed by atoms with Crippen LogP contribution in [0.4, 0.5) is 0 Å². The fraction of sp³-hybridized carbons (Fsp3) is 0.294. The highest BCUT2D eigenvalue weighted by atomic mass is 16.4. The van der Waals surface area contributed by atoms with Gasteiger partial charge in [-0.2, -0.15) is 0 Å². The van der Waals surface area contributed by atoms with Gasteiger partial charge in [0, 0.05) is 36.4 Å². The normalized spacial score (nSPS) is 11.8. The van der Waals surface area contributed by atoms with Crippen LogP contribution in [-0.2, 0) is 16.0 Å². The van der Waals surface area contributed by atoms with Gasteiger partial charge in [0.15, 0.2) is 0 Å². The van der Waals surface area contributed by atoms with Gasteiger partial charge in [-0.05, 0) is 18.1 Å². The van der Waals surface area contributed by atoms with Gasteiger partial charge < -0.3 is 15.4 Å². The molecule has 0 radical (unpaired) electrons. The summed E-state index contributed by atoms with van der Waals surface area (Å²) in [6.45, 7) is 0. The summed E-state index contributed by atoms with van der Waals surface area (Å²) in [6.07, 6.45) is 8.45. The molecule has 0 spiro atoms. The first-order chi connectivity index (χ1) is 10.6. The Kier molecular flexibility index (Phi) is 5.21. The minimum absolute atomic E-state index is 0.236. The molecule has 1 amide bonds. The molecule has 5 heteroatoms. The van der Waals surface area contributed by atoms with E-state index in [1.165, 1.54) is 0 Å². The van der Waals surface area contributed by atoms with Crippen LogP contribution >= 0.6 is 0 Å². The predicted molar refractivity (Wildman–Crippen MR) is 84.3 cm³/mol. The van der Waals surface area contributed by atoms with Gasteiger partial charge >= 0.3 is 5.97 Å². The Hall–Kier alpha value is -2.74. The largest absolute Gasteiger partial charge is 0.480 e. The van der Waals surface area contributed by atoms with Gasteiger partial charge in [0.25, 0.3) is 0 Å². The number of amides is 1. The van der Waals surface area contributed by atoms with E-state index in [0.29, 0.717) is 12.8 Å². The van der Waals surface area contributed by atoms with Crippen molar-refractivity contribution in [1.82, 2.24) is 10.3 Å². The van der Waals surface area contributed by atoms with E-state index in [1.54, 1.807) is 6.20 Å². The maximum atomic E-state index is 11.8. The molecule has 0 aliphatic heterocycles. The van der Waals surface area contributed by atoms with E-state index in [4.69, 9.17) is 6.42 Å². The standard InChI is InChI=1S/C17H18N2O3/c1-2-3-4-9-16(20)19-15(17(21)22)10-12-11-18-14-8-6-5-7-13(12)14/h1,5-8,11,15,18H,3-4,9-10H2,(H,19,20)(H,21,22)/t15-/m0/s1. The highest BCUT2D eigenvalue weighted by Crippen LogP contribution is 2.19. The van der Waals surface area contributed by atoms with Crippen LogP contribution in [0.15, 0.2) is 30.5 Å². The summed E-state index contributed by atoms with van der Waals surface area (Å²) in [4.78, 5) is 26.2. The van der Waals surface area contributed by atoms with Crippen LogP contribution in [-0.4, -0.2) is 28.0 Å². The van der Waals surface area contributed by atoms with Gasteiger partial charge in [0.05, 0.1) is 0 Å². The van der Waals surface area contributed by atoms with Crippen LogP contribution in [0, 0.1) is 12.3 Å². The van der Waals surface area contributed by atoms with Crippen molar-refractivity contribution in [3.8, 4) is 12.3 Å². The van der Waals surface area contributed by atoms with E-state index in [-0.39, 0.29) is 18.7 Å².